The monoisotopic (exact) mass is 784 g/mol. The van der Waals surface area contributed by atoms with E-state index in [4.69, 9.17) is 42.6 Å². The number of aliphatic hydroxyl groups is 7. The van der Waals surface area contributed by atoms with E-state index in [1.165, 1.54) is 51.5 Å². The van der Waals surface area contributed by atoms with Crippen molar-refractivity contribution in [2.45, 2.75) is 92.8 Å². The number of rotatable bonds is 15. The number of hydrogen-bond donors (Lipinski definition) is 9. The fourth-order valence-corrected chi connectivity index (χ4v) is 6.17. The van der Waals surface area contributed by atoms with Gasteiger partial charge in [0.15, 0.2) is 48.0 Å². The van der Waals surface area contributed by atoms with Crippen molar-refractivity contribution >= 4 is 12.0 Å². The zero-order valence-electron chi connectivity index (χ0n) is 30.2. The van der Waals surface area contributed by atoms with Gasteiger partial charge in [-0.1, -0.05) is 12.1 Å². The van der Waals surface area contributed by atoms with Gasteiger partial charge in [-0.15, -0.1) is 0 Å². The van der Waals surface area contributed by atoms with Gasteiger partial charge in [-0.3, -0.25) is 0 Å². The van der Waals surface area contributed by atoms with Crippen LogP contribution in [-0.2, 0) is 44.4 Å². The van der Waals surface area contributed by atoms with E-state index in [-0.39, 0.29) is 36.0 Å². The summed E-state index contributed by atoms with van der Waals surface area (Å²) in [5.74, 6) is -0.846. The van der Waals surface area contributed by atoms with Crippen molar-refractivity contribution < 1.29 is 93.4 Å². The molecule has 55 heavy (non-hydrogen) atoms. The number of phenols is 2. The third-order valence-electron chi connectivity index (χ3n) is 9.50. The van der Waals surface area contributed by atoms with E-state index in [0.29, 0.717) is 11.1 Å². The number of aromatic hydroxyl groups is 2. The van der Waals surface area contributed by atoms with Crippen molar-refractivity contribution in [1.29, 1.82) is 0 Å². The SMILES string of the molecule is COc1cc(C=CC(=O)OC2C(COC3OC(C)C(O)C(O)C3O)OC(OCCc3ccc(O)c(OC)c3)C(O)C2OC2OCC(O)(CO)C2O)ccc1O. The van der Waals surface area contributed by atoms with Gasteiger partial charge in [-0.25, -0.2) is 4.79 Å². The molecule has 0 amide bonds. The summed E-state index contributed by atoms with van der Waals surface area (Å²) in [4.78, 5) is 13.4. The number of hydrogen-bond acceptors (Lipinski definition) is 19. The van der Waals surface area contributed by atoms with Crippen LogP contribution in [-0.4, -0.2) is 172 Å². The van der Waals surface area contributed by atoms with Crippen molar-refractivity contribution in [3.8, 4) is 23.0 Å². The van der Waals surface area contributed by atoms with Gasteiger partial charge in [0.1, 0.15) is 48.3 Å². The number of phenolic OH excluding ortho intramolecular Hbond substituents is 2. The molecule has 0 spiro atoms. The minimum absolute atomic E-state index is 0.0767. The van der Waals surface area contributed by atoms with E-state index < -0.39 is 105 Å². The Hall–Kier alpha value is -3.67. The first kappa shape index (κ1) is 42.5. The molecule has 2 aromatic carbocycles. The molecular weight excluding hydrogens is 736 g/mol. The maximum atomic E-state index is 13.4. The lowest BCUT2D eigenvalue weighted by atomic mass is 9.97. The van der Waals surface area contributed by atoms with Crippen molar-refractivity contribution in [3.63, 3.8) is 0 Å². The van der Waals surface area contributed by atoms with Gasteiger partial charge in [-0.05, 0) is 54.8 Å². The van der Waals surface area contributed by atoms with Gasteiger partial charge in [0.25, 0.3) is 0 Å². The Morgan fingerprint density at radius 2 is 1.53 bits per heavy atom. The van der Waals surface area contributed by atoms with E-state index >= 15 is 0 Å². The summed E-state index contributed by atoms with van der Waals surface area (Å²) in [5, 5.41) is 93.7. The summed E-state index contributed by atoms with van der Waals surface area (Å²) in [6.07, 6.45) is -16.1. The molecule has 3 saturated heterocycles. The fourth-order valence-electron chi connectivity index (χ4n) is 6.17. The number of benzene rings is 2. The van der Waals surface area contributed by atoms with Crippen LogP contribution in [0.5, 0.6) is 23.0 Å². The molecule has 3 aliphatic rings. The molecule has 0 aromatic heterocycles. The Kier molecular flexibility index (Phi) is 14.3. The zero-order chi connectivity index (χ0) is 40.0. The van der Waals surface area contributed by atoms with Crippen LogP contribution in [0.2, 0.25) is 0 Å². The second-order valence-electron chi connectivity index (χ2n) is 13.3. The first-order valence-corrected chi connectivity index (χ1v) is 17.4. The lowest BCUT2D eigenvalue weighted by Gasteiger charge is -2.45. The maximum Gasteiger partial charge on any atom is 0.331 e. The molecule has 0 radical (unpaired) electrons. The van der Waals surface area contributed by atoms with Gasteiger partial charge in [0.2, 0.25) is 0 Å². The molecule has 3 heterocycles. The summed E-state index contributed by atoms with van der Waals surface area (Å²) in [6, 6.07) is 8.94. The van der Waals surface area contributed by atoms with E-state index in [1.54, 1.807) is 12.1 Å². The normalized spacial score (nSPS) is 35.2. The fraction of sp³-hybridized carbons (Fsp3) is 0.583. The highest BCUT2D eigenvalue weighted by molar-refractivity contribution is 5.87. The second-order valence-corrected chi connectivity index (χ2v) is 13.3. The van der Waals surface area contributed by atoms with Gasteiger partial charge in [0, 0.05) is 6.08 Å². The molecule has 19 heteroatoms. The second kappa shape index (κ2) is 18.5. The topological polar surface area (TPSA) is 282 Å². The summed E-state index contributed by atoms with van der Waals surface area (Å²) >= 11 is 0. The molecule has 3 aliphatic heterocycles. The summed E-state index contributed by atoms with van der Waals surface area (Å²) < 4.78 is 50.8. The molecule has 13 unspecified atom stereocenters. The van der Waals surface area contributed by atoms with Crippen LogP contribution in [0.15, 0.2) is 42.5 Å². The average molecular weight is 785 g/mol. The van der Waals surface area contributed by atoms with E-state index in [1.807, 2.05) is 0 Å². The average Bonchev–Trinajstić information content (AvgIpc) is 3.46. The minimum Gasteiger partial charge on any atom is -0.504 e. The number of carbonyl (C=O) groups is 1. The number of methoxy groups -OCH3 is 2. The van der Waals surface area contributed by atoms with Crippen LogP contribution in [0.4, 0.5) is 0 Å². The molecule has 13 atom stereocenters. The van der Waals surface area contributed by atoms with Crippen LogP contribution >= 0.6 is 0 Å². The van der Waals surface area contributed by atoms with Crippen LogP contribution in [0.25, 0.3) is 6.08 Å². The molecule has 2 aromatic rings. The lowest BCUT2D eigenvalue weighted by Crippen LogP contribution is -2.63. The Morgan fingerprint density at radius 3 is 2.20 bits per heavy atom. The lowest BCUT2D eigenvalue weighted by molar-refractivity contribution is -0.344. The smallest absolute Gasteiger partial charge is 0.331 e. The van der Waals surface area contributed by atoms with Gasteiger partial charge in [-0.2, -0.15) is 0 Å². The van der Waals surface area contributed by atoms with E-state index in [2.05, 4.69) is 0 Å². The van der Waals surface area contributed by atoms with E-state index in [0.717, 1.165) is 6.08 Å². The predicted molar refractivity (Wildman–Crippen MR) is 184 cm³/mol. The maximum absolute atomic E-state index is 13.4. The minimum atomic E-state index is -2.12. The van der Waals surface area contributed by atoms with Gasteiger partial charge in [0.05, 0.1) is 46.8 Å². The molecule has 19 nitrogen and oxygen atoms in total. The molecule has 3 fully saturated rings. The number of carbonyl (C=O) groups excluding carboxylic acids is 1. The Bertz CT molecular complexity index is 1610. The highest BCUT2D eigenvalue weighted by atomic mass is 16.8. The molecular formula is C36H48O19. The molecule has 0 aliphatic carbocycles. The highest BCUT2D eigenvalue weighted by Gasteiger charge is 2.55. The summed E-state index contributed by atoms with van der Waals surface area (Å²) in [6.45, 7) is -0.656. The van der Waals surface area contributed by atoms with Crippen molar-refractivity contribution in [1.82, 2.24) is 0 Å². The zero-order valence-corrected chi connectivity index (χ0v) is 30.2. The van der Waals surface area contributed by atoms with Gasteiger partial charge >= 0.3 is 5.97 Å². The quantitative estimate of drug-likeness (QED) is 0.0701. The Morgan fingerprint density at radius 1 is 0.855 bits per heavy atom. The Balaban J connectivity index is 1.42. The van der Waals surface area contributed by atoms with E-state index in [9.17, 15) is 50.8 Å². The third kappa shape index (κ3) is 9.84. The Labute approximate surface area is 315 Å². The van der Waals surface area contributed by atoms with Crippen LogP contribution < -0.4 is 9.47 Å². The number of aliphatic hydroxyl groups excluding tert-OH is 6. The standard InChI is InChI=1S/C36H48O19/c1-17-26(41)27(42)28(43)33(52-17)50-14-24-30(54-25(40)9-6-18-4-7-20(38)22(12-18)47-2)31(55-35-32(45)36(46,15-37)16-51-35)29(44)34(53-24)49-11-10-19-5-8-21(39)23(13-19)48-3/h4-9,12-13,17,24,26-35,37-39,41-46H,10-11,14-16H2,1-3H3. The number of esters is 1. The molecule has 9 N–H and O–H groups in total. The largest absolute Gasteiger partial charge is 0.504 e. The molecule has 0 saturated carbocycles. The summed E-state index contributed by atoms with van der Waals surface area (Å²) in [7, 11) is 2.74. The first-order chi connectivity index (χ1) is 26.2. The molecule has 5 rings (SSSR count). The number of ether oxygens (including phenoxy) is 9. The third-order valence-corrected chi connectivity index (χ3v) is 9.50. The van der Waals surface area contributed by atoms with Crippen LogP contribution in [0.1, 0.15) is 18.1 Å². The molecule has 306 valence electrons. The van der Waals surface area contributed by atoms with Crippen molar-refractivity contribution in [2.24, 2.45) is 0 Å². The van der Waals surface area contributed by atoms with Gasteiger partial charge < -0.3 is 88.6 Å². The van der Waals surface area contributed by atoms with Crippen LogP contribution in [0.3, 0.4) is 0 Å². The van der Waals surface area contributed by atoms with Crippen molar-refractivity contribution in [2.75, 3.05) is 40.6 Å². The van der Waals surface area contributed by atoms with Crippen LogP contribution in [0, 0.1) is 0 Å². The predicted octanol–water partition coefficient (Wildman–Crippen LogP) is -1.94. The summed E-state index contributed by atoms with van der Waals surface area (Å²) in [5.41, 5.74) is -1.01. The van der Waals surface area contributed by atoms with Crippen molar-refractivity contribution in [3.05, 3.63) is 53.6 Å². The molecule has 0 bridgehead atoms. The highest BCUT2D eigenvalue weighted by Crippen LogP contribution is 2.34. The first-order valence-electron chi connectivity index (χ1n) is 17.4.